The van der Waals surface area contributed by atoms with Crippen molar-refractivity contribution in [1.29, 1.82) is 0 Å². The van der Waals surface area contributed by atoms with Crippen LogP contribution < -0.4 is 5.32 Å². The van der Waals surface area contributed by atoms with Crippen molar-refractivity contribution in [3.05, 3.63) is 11.6 Å². The number of nitrogens with zero attached hydrogens (tertiary/aromatic N) is 3. The van der Waals surface area contributed by atoms with Crippen molar-refractivity contribution >= 4 is 5.91 Å². The molecular weight excluding hydrogens is 266 g/mol. The van der Waals surface area contributed by atoms with Gasteiger partial charge in [0.1, 0.15) is 5.82 Å². The Labute approximate surface area is 126 Å². The number of aromatic amines is 1. The fourth-order valence-electron chi connectivity index (χ4n) is 2.51. The standard InChI is InChI=1S/C15H27N5O/c1-11(20-8-6-5-7-9-20)10-16-13(21)12-17-14(19-18-12)15(2,3)4/h11H,5-10H2,1-4H3,(H,16,21)(H,17,18,19). The van der Waals surface area contributed by atoms with Gasteiger partial charge in [-0.1, -0.05) is 27.2 Å². The monoisotopic (exact) mass is 293 g/mol. The first-order chi connectivity index (χ1) is 9.88. The summed E-state index contributed by atoms with van der Waals surface area (Å²) in [7, 11) is 0. The number of H-pyrrole nitrogens is 1. The molecule has 21 heavy (non-hydrogen) atoms. The third kappa shape index (κ3) is 4.27. The molecule has 0 aromatic carbocycles. The average molecular weight is 293 g/mol. The molecule has 0 radical (unpaired) electrons. The zero-order chi connectivity index (χ0) is 15.5. The van der Waals surface area contributed by atoms with Gasteiger partial charge in [-0.2, -0.15) is 0 Å². The van der Waals surface area contributed by atoms with Gasteiger partial charge in [0.2, 0.25) is 5.82 Å². The van der Waals surface area contributed by atoms with Gasteiger partial charge in [-0.25, -0.2) is 4.98 Å². The van der Waals surface area contributed by atoms with E-state index in [0.29, 0.717) is 12.6 Å². The molecule has 2 heterocycles. The van der Waals surface area contributed by atoms with Crippen LogP contribution in [0.4, 0.5) is 0 Å². The molecule has 0 saturated carbocycles. The Hall–Kier alpha value is -1.43. The van der Waals surface area contributed by atoms with Crippen molar-refractivity contribution in [2.24, 2.45) is 0 Å². The van der Waals surface area contributed by atoms with Crippen LogP contribution in [0.3, 0.4) is 0 Å². The number of carbonyl (C=O) groups excluding carboxylic acids is 1. The number of nitrogens with one attached hydrogen (secondary N) is 2. The van der Waals surface area contributed by atoms with E-state index in [-0.39, 0.29) is 17.1 Å². The number of hydrogen-bond acceptors (Lipinski definition) is 4. The summed E-state index contributed by atoms with van der Waals surface area (Å²) in [5.41, 5.74) is -0.132. The van der Waals surface area contributed by atoms with Crippen molar-refractivity contribution < 1.29 is 4.79 Å². The highest BCUT2D eigenvalue weighted by Crippen LogP contribution is 2.17. The fourth-order valence-corrected chi connectivity index (χ4v) is 2.51. The number of carbonyl (C=O) groups is 1. The van der Waals surface area contributed by atoms with E-state index in [1.54, 1.807) is 0 Å². The molecule has 1 aliphatic rings. The summed E-state index contributed by atoms with van der Waals surface area (Å²) < 4.78 is 0. The minimum absolute atomic E-state index is 0.132. The average Bonchev–Trinajstić information content (AvgIpc) is 2.95. The molecule has 0 bridgehead atoms. The molecule has 6 nitrogen and oxygen atoms in total. The maximum Gasteiger partial charge on any atom is 0.291 e. The number of amides is 1. The lowest BCUT2D eigenvalue weighted by Gasteiger charge is -2.32. The van der Waals surface area contributed by atoms with Crippen LogP contribution in [0.5, 0.6) is 0 Å². The lowest BCUT2D eigenvalue weighted by molar-refractivity contribution is 0.0920. The molecule has 6 heteroatoms. The third-order valence-electron chi connectivity index (χ3n) is 3.97. The Bertz CT molecular complexity index is 471. The lowest BCUT2D eigenvalue weighted by atomic mass is 9.96. The van der Waals surface area contributed by atoms with Crippen LogP contribution in [-0.4, -0.2) is 51.7 Å². The summed E-state index contributed by atoms with van der Waals surface area (Å²) in [6.45, 7) is 11.2. The van der Waals surface area contributed by atoms with Gasteiger partial charge in [-0.15, -0.1) is 5.10 Å². The van der Waals surface area contributed by atoms with Gasteiger partial charge in [0.15, 0.2) is 0 Å². The first-order valence-electron chi connectivity index (χ1n) is 7.83. The van der Waals surface area contributed by atoms with E-state index in [1.807, 2.05) is 20.8 Å². The van der Waals surface area contributed by atoms with Crippen LogP contribution in [-0.2, 0) is 5.41 Å². The van der Waals surface area contributed by atoms with Gasteiger partial charge in [-0.3, -0.25) is 14.8 Å². The predicted molar refractivity (Wildman–Crippen MR) is 82.3 cm³/mol. The summed E-state index contributed by atoms with van der Waals surface area (Å²) >= 11 is 0. The van der Waals surface area contributed by atoms with E-state index in [4.69, 9.17) is 0 Å². The minimum atomic E-state index is -0.203. The molecule has 1 amide bonds. The van der Waals surface area contributed by atoms with Crippen LogP contribution in [0.1, 0.15) is 63.4 Å². The van der Waals surface area contributed by atoms with E-state index in [2.05, 4.69) is 32.3 Å². The summed E-state index contributed by atoms with van der Waals surface area (Å²) in [6, 6.07) is 0.357. The topological polar surface area (TPSA) is 73.9 Å². The third-order valence-corrected chi connectivity index (χ3v) is 3.97. The molecule has 2 N–H and O–H groups in total. The summed E-state index contributed by atoms with van der Waals surface area (Å²) in [6.07, 6.45) is 3.84. The molecular formula is C15H27N5O. The highest BCUT2D eigenvalue weighted by Gasteiger charge is 2.22. The zero-order valence-electron chi connectivity index (χ0n) is 13.6. The van der Waals surface area contributed by atoms with Gasteiger partial charge in [-0.05, 0) is 32.9 Å². The van der Waals surface area contributed by atoms with Crippen molar-refractivity contribution in [3.63, 3.8) is 0 Å². The molecule has 1 aromatic rings. The molecule has 118 valence electrons. The molecule has 1 fully saturated rings. The Balaban J connectivity index is 1.85. The Morgan fingerprint density at radius 2 is 2.00 bits per heavy atom. The van der Waals surface area contributed by atoms with E-state index in [1.165, 1.54) is 19.3 Å². The molecule has 0 spiro atoms. The zero-order valence-corrected chi connectivity index (χ0v) is 13.6. The highest BCUT2D eigenvalue weighted by atomic mass is 16.2. The normalized spacial score (nSPS) is 18.5. The Kier molecular flexibility index (Phi) is 4.98. The second-order valence-electron chi connectivity index (χ2n) is 6.91. The number of hydrogen-bond donors (Lipinski definition) is 2. The lowest BCUT2D eigenvalue weighted by Crippen LogP contribution is -2.44. The SMILES string of the molecule is CC(CNC(=O)c1n[nH]c(C(C)(C)C)n1)N1CCCCC1. The van der Waals surface area contributed by atoms with Crippen LogP contribution >= 0.6 is 0 Å². The van der Waals surface area contributed by atoms with E-state index in [9.17, 15) is 4.79 Å². The molecule has 0 aliphatic carbocycles. The smallest absolute Gasteiger partial charge is 0.291 e. The Morgan fingerprint density at radius 1 is 1.33 bits per heavy atom. The molecule has 2 rings (SSSR count). The van der Waals surface area contributed by atoms with Gasteiger partial charge in [0.25, 0.3) is 5.91 Å². The number of likely N-dealkylation sites (tertiary alicyclic amines) is 1. The molecule has 1 saturated heterocycles. The van der Waals surface area contributed by atoms with Gasteiger partial charge < -0.3 is 5.32 Å². The highest BCUT2D eigenvalue weighted by molar-refractivity contribution is 5.90. The fraction of sp³-hybridized carbons (Fsp3) is 0.800. The quantitative estimate of drug-likeness (QED) is 0.886. The predicted octanol–water partition coefficient (Wildman–Crippen LogP) is 1.71. The van der Waals surface area contributed by atoms with Crippen LogP contribution in [0, 0.1) is 0 Å². The molecule has 1 unspecified atom stereocenters. The second kappa shape index (κ2) is 6.56. The molecule has 1 atom stereocenters. The number of rotatable bonds is 4. The van der Waals surface area contributed by atoms with Crippen molar-refractivity contribution in [2.75, 3.05) is 19.6 Å². The van der Waals surface area contributed by atoms with E-state index >= 15 is 0 Å². The van der Waals surface area contributed by atoms with Crippen molar-refractivity contribution in [3.8, 4) is 0 Å². The van der Waals surface area contributed by atoms with Crippen LogP contribution in [0.15, 0.2) is 0 Å². The maximum absolute atomic E-state index is 12.1. The van der Waals surface area contributed by atoms with Crippen LogP contribution in [0.25, 0.3) is 0 Å². The molecule has 1 aliphatic heterocycles. The summed E-state index contributed by atoms with van der Waals surface area (Å²) in [5.74, 6) is 0.758. The summed E-state index contributed by atoms with van der Waals surface area (Å²) in [4.78, 5) is 18.8. The maximum atomic E-state index is 12.1. The van der Waals surface area contributed by atoms with Crippen molar-refractivity contribution in [1.82, 2.24) is 25.4 Å². The van der Waals surface area contributed by atoms with Crippen molar-refractivity contribution in [2.45, 2.75) is 58.4 Å². The van der Waals surface area contributed by atoms with E-state index in [0.717, 1.165) is 18.9 Å². The minimum Gasteiger partial charge on any atom is -0.348 e. The van der Waals surface area contributed by atoms with Gasteiger partial charge in [0, 0.05) is 18.0 Å². The van der Waals surface area contributed by atoms with E-state index < -0.39 is 0 Å². The summed E-state index contributed by atoms with van der Waals surface area (Å²) in [5, 5.41) is 9.79. The first-order valence-corrected chi connectivity index (χ1v) is 7.83. The number of piperidine rings is 1. The Morgan fingerprint density at radius 3 is 2.57 bits per heavy atom. The number of aromatic nitrogens is 3. The van der Waals surface area contributed by atoms with Crippen LogP contribution in [0.2, 0.25) is 0 Å². The van der Waals surface area contributed by atoms with Gasteiger partial charge >= 0.3 is 0 Å². The van der Waals surface area contributed by atoms with Gasteiger partial charge in [0.05, 0.1) is 0 Å². The largest absolute Gasteiger partial charge is 0.348 e. The first kappa shape index (κ1) is 15.9. The molecule has 1 aromatic heterocycles. The second-order valence-corrected chi connectivity index (χ2v) is 6.91.